The van der Waals surface area contributed by atoms with Crippen molar-refractivity contribution < 1.29 is 5.11 Å². The van der Waals surface area contributed by atoms with Crippen molar-refractivity contribution in [1.82, 2.24) is 0 Å². The number of hydrogen-bond donors (Lipinski definition) is 1. The molecular weight excluding hydrogens is 354 g/mol. The summed E-state index contributed by atoms with van der Waals surface area (Å²) in [4.78, 5) is 2.18. The van der Waals surface area contributed by atoms with Gasteiger partial charge in [-0.3, -0.25) is 0 Å². The second-order valence-electron chi connectivity index (χ2n) is 10.9. The maximum Gasteiger partial charge on any atom is 0.132 e. The zero-order chi connectivity index (χ0) is 21.0. The van der Waals surface area contributed by atoms with Crippen LogP contribution in [-0.4, -0.2) is 17.4 Å². The number of hydrogen-bond acceptors (Lipinski definition) is 2. The molecule has 0 bridgehead atoms. The Morgan fingerprint density at radius 2 is 1.72 bits per heavy atom. The number of aliphatic hydroxyl groups is 1. The lowest BCUT2D eigenvalue weighted by molar-refractivity contribution is 0.0711. The molecule has 0 amide bonds. The first-order valence-electron chi connectivity index (χ1n) is 11.3. The van der Waals surface area contributed by atoms with Crippen molar-refractivity contribution in [2.24, 2.45) is 11.3 Å². The summed E-state index contributed by atoms with van der Waals surface area (Å²) in [6.45, 7) is 14.2. The largest absolute Gasteiger partial charge is 0.371 e. The van der Waals surface area contributed by atoms with Crippen LogP contribution in [0.15, 0.2) is 42.5 Å². The Bertz CT molecular complexity index is 886. The Hall–Kier alpha value is -1.80. The first-order valence-corrected chi connectivity index (χ1v) is 11.3. The van der Waals surface area contributed by atoms with E-state index in [4.69, 9.17) is 0 Å². The third-order valence-corrected chi connectivity index (χ3v) is 7.34. The molecule has 2 heteroatoms. The summed E-state index contributed by atoms with van der Waals surface area (Å²) >= 11 is 0. The lowest BCUT2D eigenvalue weighted by Crippen LogP contribution is -2.48. The smallest absolute Gasteiger partial charge is 0.132 e. The summed E-state index contributed by atoms with van der Waals surface area (Å²) in [7, 11) is 0. The van der Waals surface area contributed by atoms with Crippen molar-refractivity contribution >= 4 is 5.69 Å². The molecule has 3 unspecified atom stereocenters. The fraction of sp³-hybridized carbons (Fsp3) is 0.556. The van der Waals surface area contributed by atoms with E-state index in [0.29, 0.717) is 17.8 Å². The average Bonchev–Trinajstić information content (AvgIpc) is 2.95. The molecule has 1 aliphatic heterocycles. The highest BCUT2D eigenvalue weighted by atomic mass is 16.3. The van der Waals surface area contributed by atoms with Crippen molar-refractivity contribution in [3.8, 4) is 0 Å². The minimum absolute atomic E-state index is 0.218. The molecule has 0 radical (unpaired) electrons. The minimum atomic E-state index is -0.833. The molecule has 156 valence electrons. The first kappa shape index (κ1) is 20.5. The van der Waals surface area contributed by atoms with Gasteiger partial charge < -0.3 is 10.0 Å². The van der Waals surface area contributed by atoms with Crippen LogP contribution in [0.3, 0.4) is 0 Å². The third kappa shape index (κ3) is 3.84. The topological polar surface area (TPSA) is 23.5 Å². The number of benzene rings is 2. The maximum atomic E-state index is 10.7. The number of fused-ring (bicyclic) bond motifs is 2. The second-order valence-corrected chi connectivity index (χ2v) is 10.9. The van der Waals surface area contributed by atoms with Crippen LogP contribution in [0.2, 0.25) is 0 Å². The molecule has 1 N–H and O–H groups in total. The van der Waals surface area contributed by atoms with Crippen molar-refractivity contribution in [3.63, 3.8) is 0 Å². The SMILES string of the molecule is CC1c2ccccc2CC1Cc1ccc2c(c1)C(C(C)(C)C)CCN2C(C)(C)O. The van der Waals surface area contributed by atoms with E-state index in [1.54, 1.807) is 0 Å². The number of rotatable bonds is 3. The molecule has 4 rings (SSSR count). The van der Waals surface area contributed by atoms with Crippen LogP contribution in [0.1, 0.15) is 82.1 Å². The summed E-state index contributed by atoms with van der Waals surface area (Å²) in [5.74, 6) is 1.82. The summed E-state index contributed by atoms with van der Waals surface area (Å²) in [6, 6.07) is 16.0. The summed E-state index contributed by atoms with van der Waals surface area (Å²) in [6.07, 6.45) is 3.41. The molecule has 0 saturated heterocycles. The van der Waals surface area contributed by atoms with E-state index in [9.17, 15) is 5.11 Å². The average molecular weight is 392 g/mol. The molecule has 2 aromatic rings. The van der Waals surface area contributed by atoms with Gasteiger partial charge in [-0.05, 0) is 84.6 Å². The molecule has 2 aromatic carbocycles. The van der Waals surface area contributed by atoms with Gasteiger partial charge in [0.25, 0.3) is 0 Å². The summed E-state index contributed by atoms with van der Waals surface area (Å²) < 4.78 is 0. The van der Waals surface area contributed by atoms with E-state index in [1.165, 1.54) is 34.4 Å². The normalized spacial score (nSPS) is 24.4. The number of nitrogens with zero attached hydrogens (tertiary/aromatic N) is 1. The zero-order valence-electron chi connectivity index (χ0n) is 19.0. The van der Waals surface area contributed by atoms with Crippen molar-refractivity contribution in [1.29, 1.82) is 0 Å². The van der Waals surface area contributed by atoms with E-state index in [-0.39, 0.29) is 5.41 Å². The molecular formula is C27H37NO. The molecule has 2 aliphatic rings. The Labute approximate surface area is 177 Å². The molecule has 2 nitrogen and oxygen atoms in total. The molecule has 0 fully saturated rings. The highest BCUT2D eigenvalue weighted by Crippen LogP contribution is 2.47. The molecule has 0 spiro atoms. The van der Waals surface area contributed by atoms with Gasteiger partial charge in [0, 0.05) is 12.2 Å². The van der Waals surface area contributed by atoms with Crippen LogP contribution in [0.25, 0.3) is 0 Å². The predicted octanol–water partition coefficient (Wildman–Crippen LogP) is 6.27. The minimum Gasteiger partial charge on any atom is -0.371 e. The first-order chi connectivity index (χ1) is 13.6. The van der Waals surface area contributed by atoms with Crippen LogP contribution in [-0.2, 0) is 12.8 Å². The molecule has 1 heterocycles. The van der Waals surface area contributed by atoms with Crippen molar-refractivity contribution in [2.45, 2.75) is 78.4 Å². The fourth-order valence-corrected chi connectivity index (χ4v) is 5.69. The third-order valence-electron chi connectivity index (χ3n) is 7.34. The van der Waals surface area contributed by atoms with Crippen LogP contribution in [0.5, 0.6) is 0 Å². The Morgan fingerprint density at radius 3 is 2.38 bits per heavy atom. The Morgan fingerprint density at radius 1 is 1.00 bits per heavy atom. The Balaban J connectivity index is 1.66. The quantitative estimate of drug-likeness (QED) is 0.666. The molecule has 0 aromatic heterocycles. The molecule has 0 saturated carbocycles. The highest BCUT2D eigenvalue weighted by Gasteiger charge is 2.37. The zero-order valence-corrected chi connectivity index (χ0v) is 19.0. The maximum absolute atomic E-state index is 10.7. The van der Waals surface area contributed by atoms with E-state index in [2.05, 4.69) is 75.1 Å². The van der Waals surface area contributed by atoms with Crippen LogP contribution < -0.4 is 4.90 Å². The Kier molecular flexibility index (Phi) is 5.06. The standard InChI is InChI=1S/C27H37NO/c1-18-21(17-20-9-7-8-10-22(18)20)15-19-11-12-25-23(16-19)24(26(2,3)4)13-14-28(25)27(5,6)29/h7-12,16,18,21,24,29H,13-15,17H2,1-6H3. The highest BCUT2D eigenvalue weighted by molar-refractivity contribution is 5.60. The van der Waals surface area contributed by atoms with Crippen LogP contribution in [0.4, 0.5) is 5.69 Å². The van der Waals surface area contributed by atoms with Gasteiger partial charge in [-0.25, -0.2) is 0 Å². The van der Waals surface area contributed by atoms with Crippen molar-refractivity contribution in [2.75, 3.05) is 11.4 Å². The molecule has 29 heavy (non-hydrogen) atoms. The van der Waals surface area contributed by atoms with E-state index >= 15 is 0 Å². The summed E-state index contributed by atoms with van der Waals surface area (Å²) in [5.41, 5.74) is 6.54. The van der Waals surface area contributed by atoms with Gasteiger partial charge in [0.05, 0.1) is 0 Å². The van der Waals surface area contributed by atoms with Gasteiger partial charge in [-0.15, -0.1) is 0 Å². The van der Waals surface area contributed by atoms with E-state index < -0.39 is 5.72 Å². The van der Waals surface area contributed by atoms with E-state index in [0.717, 1.165) is 19.4 Å². The van der Waals surface area contributed by atoms with Gasteiger partial charge in [-0.2, -0.15) is 0 Å². The molecule has 1 aliphatic carbocycles. The summed E-state index contributed by atoms with van der Waals surface area (Å²) in [5, 5.41) is 10.7. The van der Waals surface area contributed by atoms with Crippen LogP contribution in [0, 0.1) is 11.3 Å². The number of anilines is 1. The van der Waals surface area contributed by atoms with Gasteiger partial charge >= 0.3 is 0 Å². The van der Waals surface area contributed by atoms with Gasteiger partial charge in [-0.1, -0.05) is 64.1 Å². The van der Waals surface area contributed by atoms with Gasteiger partial charge in [0.15, 0.2) is 0 Å². The second kappa shape index (κ2) is 7.16. The lowest BCUT2D eigenvalue weighted by atomic mass is 9.71. The van der Waals surface area contributed by atoms with Crippen molar-refractivity contribution in [3.05, 3.63) is 64.7 Å². The van der Waals surface area contributed by atoms with Crippen LogP contribution >= 0.6 is 0 Å². The molecule has 3 atom stereocenters. The predicted molar refractivity (Wildman–Crippen MR) is 123 cm³/mol. The lowest BCUT2D eigenvalue weighted by Gasteiger charge is -2.46. The monoisotopic (exact) mass is 391 g/mol. The van der Waals surface area contributed by atoms with E-state index in [1.807, 2.05) is 13.8 Å². The van der Waals surface area contributed by atoms with Gasteiger partial charge in [0.1, 0.15) is 5.72 Å². The van der Waals surface area contributed by atoms with Gasteiger partial charge in [0.2, 0.25) is 0 Å². The fourth-order valence-electron chi connectivity index (χ4n) is 5.69.